The van der Waals surface area contributed by atoms with Crippen molar-refractivity contribution in [2.75, 3.05) is 9.80 Å². The second-order valence-corrected chi connectivity index (χ2v) is 13.7. The highest BCUT2D eigenvalue weighted by Crippen LogP contribution is 2.49. The van der Waals surface area contributed by atoms with Crippen molar-refractivity contribution in [2.45, 2.75) is 0 Å². The number of anilines is 6. The largest absolute Gasteiger partial charge is 0.456 e. The fourth-order valence-corrected chi connectivity index (χ4v) is 8.31. The molecule has 0 saturated carbocycles. The number of fused-ring (bicyclic) bond motifs is 11. The number of benzene rings is 9. The van der Waals surface area contributed by atoms with Gasteiger partial charge in [0.2, 0.25) is 0 Å². The highest BCUT2D eigenvalue weighted by Gasteiger charge is 2.25. The maximum absolute atomic E-state index is 7.07. The summed E-state index contributed by atoms with van der Waals surface area (Å²) in [4.78, 5) is 4.63. The van der Waals surface area contributed by atoms with Crippen LogP contribution in [-0.4, -0.2) is 0 Å². The van der Waals surface area contributed by atoms with Gasteiger partial charge < -0.3 is 18.6 Å². The molecule has 11 aromatic rings. The molecule has 0 atom stereocenters. The number of nitrogens with zero attached hydrogens (tertiary/aromatic N) is 2. The zero-order valence-corrected chi connectivity index (χ0v) is 29.2. The van der Waals surface area contributed by atoms with E-state index in [4.69, 9.17) is 8.83 Å². The molecule has 9 aromatic carbocycles. The summed E-state index contributed by atoms with van der Waals surface area (Å²) in [5, 5.41) is 8.73. The summed E-state index contributed by atoms with van der Waals surface area (Å²) in [5.41, 5.74) is 9.68. The highest BCUT2D eigenvalue weighted by molar-refractivity contribution is 6.32. The third-order valence-corrected chi connectivity index (χ3v) is 10.6. The van der Waals surface area contributed by atoms with Crippen LogP contribution in [0.25, 0.3) is 65.4 Å². The first-order chi connectivity index (χ1) is 26.8. The zero-order chi connectivity index (χ0) is 35.6. The number of rotatable bonds is 6. The third-order valence-electron chi connectivity index (χ3n) is 10.6. The lowest BCUT2D eigenvalue weighted by Crippen LogP contribution is -2.10. The van der Waals surface area contributed by atoms with E-state index in [0.717, 1.165) is 99.5 Å². The average Bonchev–Trinajstić information content (AvgIpc) is 3.81. The van der Waals surface area contributed by atoms with Gasteiger partial charge in [-0.2, -0.15) is 0 Å². The SMILES string of the molecule is c1ccc(N(c2ccccc2)c2cc3oc4c(ccc5oc6cc(N(c7ccccc7)c7ccccc7)c7ccccc7c6c54)c3c3ccccc23)cc1. The van der Waals surface area contributed by atoms with Crippen LogP contribution in [0.2, 0.25) is 0 Å². The zero-order valence-electron chi connectivity index (χ0n) is 29.2. The molecule has 0 unspecified atom stereocenters. The molecular weight excluding hydrogens is 661 g/mol. The molecule has 0 aliphatic carbocycles. The second kappa shape index (κ2) is 12.1. The van der Waals surface area contributed by atoms with Gasteiger partial charge in [-0.3, -0.25) is 0 Å². The molecule has 0 amide bonds. The average molecular weight is 693 g/mol. The van der Waals surface area contributed by atoms with E-state index in [-0.39, 0.29) is 0 Å². The Balaban J connectivity index is 1.21. The Morgan fingerprint density at radius 2 is 0.667 bits per heavy atom. The lowest BCUT2D eigenvalue weighted by molar-refractivity contribution is 0.663. The van der Waals surface area contributed by atoms with Crippen molar-refractivity contribution in [3.63, 3.8) is 0 Å². The Hall–Kier alpha value is -7.30. The molecule has 0 N–H and O–H groups in total. The summed E-state index contributed by atoms with van der Waals surface area (Å²) in [5.74, 6) is 0. The quantitative estimate of drug-likeness (QED) is 0.174. The summed E-state index contributed by atoms with van der Waals surface area (Å²) in [6, 6.07) is 68.1. The molecule has 4 nitrogen and oxygen atoms in total. The van der Waals surface area contributed by atoms with Crippen molar-refractivity contribution in [1.82, 2.24) is 0 Å². The van der Waals surface area contributed by atoms with Crippen LogP contribution in [0.5, 0.6) is 0 Å². The van der Waals surface area contributed by atoms with Gasteiger partial charge in [0.1, 0.15) is 22.3 Å². The van der Waals surface area contributed by atoms with E-state index in [1.54, 1.807) is 0 Å². The molecule has 4 heteroatoms. The third kappa shape index (κ3) is 4.64. The molecule has 54 heavy (non-hydrogen) atoms. The Morgan fingerprint density at radius 3 is 1.13 bits per heavy atom. The van der Waals surface area contributed by atoms with E-state index in [0.29, 0.717) is 0 Å². The van der Waals surface area contributed by atoms with Crippen LogP contribution in [0.4, 0.5) is 34.1 Å². The Labute approximate surface area is 311 Å². The monoisotopic (exact) mass is 692 g/mol. The molecule has 0 saturated heterocycles. The van der Waals surface area contributed by atoms with E-state index in [2.05, 4.69) is 204 Å². The minimum atomic E-state index is 0.796. The fourth-order valence-electron chi connectivity index (χ4n) is 8.31. The molecular formula is C50H32N2O2. The number of hydrogen-bond acceptors (Lipinski definition) is 4. The molecule has 0 radical (unpaired) electrons. The minimum Gasteiger partial charge on any atom is -0.456 e. The van der Waals surface area contributed by atoms with Gasteiger partial charge in [-0.05, 0) is 71.4 Å². The molecule has 0 aliphatic rings. The van der Waals surface area contributed by atoms with E-state index in [9.17, 15) is 0 Å². The van der Waals surface area contributed by atoms with Crippen LogP contribution >= 0.6 is 0 Å². The molecule has 11 rings (SSSR count). The van der Waals surface area contributed by atoms with Crippen molar-refractivity contribution in [3.8, 4) is 0 Å². The van der Waals surface area contributed by atoms with Crippen molar-refractivity contribution in [1.29, 1.82) is 0 Å². The van der Waals surface area contributed by atoms with Crippen molar-refractivity contribution >= 4 is 99.5 Å². The van der Waals surface area contributed by atoms with Crippen LogP contribution in [0.1, 0.15) is 0 Å². The predicted octanol–water partition coefficient (Wildman–Crippen LogP) is 14.7. The molecule has 2 aromatic heterocycles. The van der Waals surface area contributed by atoms with Crippen molar-refractivity contribution in [3.05, 3.63) is 194 Å². The number of hydrogen-bond donors (Lipinski definition) is 0. The van der Waals surface area contributed by atoms with Gasteiger partial charge in [0.15, 0.2) is 0 Å². The van der Waals surface area contributed by atoms with E-state index < -0.39 is 0 Å². The lowest BCUT2D eigenvalue weighted by atomic mass is 9.98. The van der Waals surface area contributed by atoms with Gasteiger partial charge in [-0.15, -0.1) is 0 Å². The second-order valence-electron chi connectivity index (χ2n) is 13.7. The highest BCUT2D eigenvalue weighted by atomic mass is 16.3. The van der Waals surface area contributed by atoms with Gasteiger partial charge in [0.05, 0.1) is 16.8 Å². The van der Waals surface area contributed by atoms with Crippen LogP contribution in [0, 0.1) is 0 Å². The Kier molecular flexibility index (Phi) is 6.82. The van der Waals surface area contributed by atoms with Gasteiger partial charge in [-0.1, -0.05) is 121 Å². The molecule has 0 spiro atoms. The molecule has 2 heterocycles. The summed E-state index contributed by atoms with van der Waals surface area (Å²) < 4.78 is 13.9. The first-order valence-electron chi connectivity index (χ1n) is 18.3. The van der Waals surface area contributed by atoms with Crippen molar-refractivity contribution < 1.29 is 8.83 Å². The number of furan rings is 2. The van der Waals surface area contributed by atoms with Gasteiger partial charge >= 0.3 is 0 Å². The van der Waals surface area contributed by atoms with Gasteiger partial charge in [0, 0.05) is 61.8 Å². The van der Waals surface area contributed by atoms with Crippen LogP contribution in [0.3, 0.4) is 0 Å². The first-order valence-corrected chi connectivity index (χ1v) is 18.3. The smallest absolute Gasteiger partial charge is 0.147 e. The first kappa shape index (κ1) is 30.3. The summed E-state index contributed by atoms with van der Waals surface area (Å²) in [6.45, 7) is 0. The molecule has 0 bridgehead atoms. The predicted molar refractivity (Wildman–Crippen MR) is 225 cm³/mol. The van der Waals surface area contributed by atoms with E-state index in [1.165, 1.54) is 0 Å². The summed E-state index contributed by atoms with van der Waals surface area (Å²) >= 11 is 0. The Bertz CT molecular complexity index is 3070. The summed E-state index contributed by atoms with van der Waals surface area (Å²) in [6.07, 6.45) is 0. The fraction of sp³-hybridized carbons (Fsp3) is 0. The number of para-hydroxylation sites is 4. The minimum absolute atomic E-state index is 0.796. The normalized spacial score (nSPS) is 11.7. The maximum atomic E-state index is 7.07. The van der Waals surface area contributed by atoms with Crippen LogP contribution in [0.15, 0.2) is 203 Å². The van der Waals surface area contributed by atoms with Gasteiger partial charge in [0.25, 0.3) is 0 Å². The molecule has 254 valence electrons. The van der Waals surface area contributed by atoms with E-state index in [1.807, 2.05) is 0 Å². The summed E-state index contributed by atoms with van der Waals surface area (Å²) in [7, 11) is 0. The standard InChI is InChI=1S/C50H32N2O2/c1-5-17-33(18-6-1)51(34-19-7-2-8-20-34)42-31-45-47(39-27-15-13-25-37(39)42)41-29-30-44-49(50(41)54-45)48-40-28-16-14-26-38(40)43(32-46(48)53-44)52(35-21-9-3-10-22-35)36-23-11-4-12-24-36/h1-32H. The van der Waals surface area contributed by atoms with E-state index >= 15 is 0 Å². The molecule has 0 fully saturated rings. The maximum Gasteiger partial charge on any atom is 0.147 e. The Morgan fingerprint density at radius 1 is 0.278 bits per heavy atom. The molecule has 0 aliphatic heterocycles. The van der Waals surface area contributed by atoms with Crippen molar-refractivity contribution in [2.24, 2.45) is 0 Å². The van der Waals surface area contributed by atoms with Crippen LogP contribution in [-0.2, 0) is 0 Å². The topological polar surface area (TPSA) is 32.8 Å². The van der Waals surface area contributed by atoms with Crippen LogP contribution < -0.4 is 9.80 Å². The van der Waals surface area contributed by atoms with Gasteiger partial charge in [-0.25, -0.2) is 0 Å². The lowest BCUT2D eigenvalue weighted by Gasteiger charge is -2.26.